The fourth-order valence-corrected chi connectivity index (χ4v) is 4.99. The molecule has 0 saturated carbocycles. The van der Waals surface area contributed by atoms with E-state index < -0.39 is 0 Å². The smallest absolute Gasteiger partial charge is 0.223 e. The molecule has 3 nitrogen and oxygen atoms in total. The zero-order valence-corrected chi connectivity index (χ0v) is 18.5. The maximum absolute atomic E-state index is 12.9. The summed E-state index contributed by atoms with van der Waals surface area (Å²) in [5.41, 5.74) is 6.00. The number of para-hydroxylation sites is 1. The molecule has 0 spiro atoms. The molecule has 2 heterocycles. The van der Waals surface area contributed by atoms with Gasteiger partial charge in [-0.3, -0.25) is 4.79 Å². The summed E-state index contributed by atoms with van der Waals surface area (Å²) in [4.78, 5) is 15.0. The fourth-order valence-electron chi connectivity index (χ4n) is 4.73. The van der Waals surface area contributed by atoms with Crippen LogP contribution < -0.4 is 0 Å². The SMILES string of the molecule is Cn1c(-c2ccc(Br)cc2)c(C2CCC(=O)N2Cc2ccccc2)c2ccccc21. The molecule has 4 aromatic rings. The highest BCUT2D eigenvalue weighted by atomic mass is 79.9. The first-order valence-electron chi connectivity index (χ1n) is 10.3. The van der Waals surface area contributed by atoms with Gasteiger partial charge in [0.1, 0.15) is 0 Å². The molecular weight excluding hydrogens is 436 g/mol. The molecule has 4 heteroatoms. The van der Waals surface area contributed by atoms with Crippen LogP contribution in [0.4, 0.5) is 0 Å². The van der Waals surface area contributed by atoms with Crippen molar-refractivity contribution in [1.29, 1.82) is 0 Å². The van der Waals surface area contributed by atoms with Crippen LogP contribution in [0.5, 0.6) is 0 Å². The van der Waals surface area contributed by atoms with Crippen LogP contribution in [0.25, 0.3) is 22.2 Å². The van der Waals surface area contributed by atoms with Crippen LogP contribution >= 0.6 is 15.9 Å². The third-order valence-electron chi connectivity index (χ3n) is 6.12. The monoisotopic (exact) mass is 458 g/mol. The van der Waals surface area contributed by atoms with Crippen molar-refractivity contribution in [3.05, 3.63) is 94.5 Å². The lowest BCUT2D eigenvalue weighted by Gasteiger charge is -2.26. The van der Waals surface area contributed by atoms with Crippen molar-refractivity contribution >= 4 is 32.7 Å². The summed E-state index contributed by atoms with van der Waals surface area (Å²) in [5, 5.41) is 1.23. The number of benzene rings is 3. The summed E-state index contributed by atoms with van der Waals surface area (Å²) in [6.07, 6.45) is 1.45. The summed E-state index contributed by atoms with van der Waals surface area (Å²) in [7, 11) is 2.13. The van der Waals surface area contributed by atoms with E-state index in [0.717, 1.165) is 10.9 Å². The zero-order valence-electron chi connectivity index (χ0n) is 16.9. The molecule has 1 saturated heterocycles. The molecular formula is C26H23BrN2O. The Hall–Kier alpha value is -2.85. The number of fused-ring (bicyclic) bond motifs is 1. The summed E-state index contributed by atoms with van der Waals surface area (Å²) in [6, 6.07) is 27.4. The molecule has 3 aromatic carbocycles. The Labute approximate surface area is 185 Å². The van der Waals surface area contributed by atoms with Gasteiger partial charge in [0.15, 0.2) is 0 Å². The van der Waals surface area contributed by atoms with Crippen LogP contribution in [0, 0.1) is 0 Å². The Morgan fingerprint density at radius 2 is 1.63 bits per heavy atom. The number of aryl methyl sites for hydroxylation is 1. The zero-order chi connectivity index (χ0) is 20.7. The van der Waals surface area contributed by atoms with Gasteiger partial charge in [0.2, 0.25) is 5.91 Å². The molecule has 5 rings (SSSR count). The van der Waals surface area contributed by atoms with Crippen LogP contribution in [0.1, 0.15) is 30.0 Å². The van der Waals surface area contributed by atoms with Gasteiger partial charge in [-0.25, -0.2) is 0 Å². The highest BCUT2D eigenvalue weighted by Gasteiger charge is 2.36. The minimum absolute atomic E-state index is 0.0717. The normalized spacial score (nSPS) is 16.5. The number of carbonyl (C=O) groups is 1. The second kappa shape index (κ2) is 7.77. The average Bonchev–Trinajstić information content (AvgIpc) is 3.27. The van der Waals surface area contributed by atoms with E-state index in [2.05, 4.69) is 93.1 Å². The Morgan fingerprint density at radius 3 is 2.40 bits per heavy atom. The molecule has 0 radical (unpaired) electrons. The first-order chi connectivity index (χ1) is 14.6. The van der Waals surface area contributed by atoms with E-state index in [1.54, 1.807) is 0 Å². The van der Waals surface area contributed by atoms with Gasteiger partial charge in [-0.2, -0.15) is 0 Å². The summed E-state index contributed by atoms with van der Waals surface area (Å²) in [5.74, 6) is 0.235. The highest BCUT2D eigenvalue weighted by molar-refractivity contribution is 9.10. The Bertz CT molecular complexity index is 1210. The number of hydrogen-bond donors (Lipinski definition) is 0. The van der Waals surface area contributed by atoms with Crippen molar-refractivity contribution in [2.24, 2.45) is 7.05 Å². The van der Waals surface area contributed by atoms with Gasteiger partial charge in [0.25, 0.3) is 0 Å². The molecule has 0 aliphatic carbocycles. The van der Waals surface area contributed by atoms with Gasteiger partial charge in [-0.1, -0.05) is 76.6 Å². The molecule has 1 aromatic heterocycles. The second-order valence-corrected chi connectivity index (χ2v) is 8.82. The van der Waals surface area contributed by atoms with Crippen molar-refractivity contribution in [2.45, 2.75) is 25.4 Å². The van der Waals surface area contributed by atoms with Crippen LogP contribution in [-0.2, 0) is 18.4 Å². The number of rotatable bonds is 4. The minimum atomic E-state index is 0.0717. The number of carbonyl (C=O) groups excluding carboxylic acids is 1. The Morgan fingerprint density at radius 1 is 0.933 bits per heavy atom. The van der Waals surface area contributed by atoms with Gasteiger partial charge in [0, 0.05) is 41.0 Å². The third-order valence-corrected chi connectivity index (χ3v) is 6.65. The fraction of sp³-hybridized carbons (Fsp3) is 0.192. The first-order valence-corrected chi connectivity index (χ1v) is 11.1. The topological polar surface area (TPSA) is 25.2 Å². The van der Waals surface area contributed by atoms with Gasteiger partial charge < -0.3 is 9.47 Å². The molecule has 1 amide bonds. The summed E-state index contributed by atoms with van der Waals surface area (Å²) < 4.78 is 3.34. The largest absolute Gasteiger partial charge is 0.343 e. The lowest BCUT2D eigenvalue weighted by molar-refractivity contribution is -0.129. The molecule has 1 aliphatic rings. The maximum atomic E-state index is 12.9. The molecule has 150 valence electrons. The van der Waals surface area contributed by atoms with Crippen molar-refractivity contribution in [3.8, 4) is 11.3 Å². The number of amides is 1. The quantitative estimate of drug-likeness (QED) is 0.343. The molecule has 30 heavy (non-hydrogen) atoms. The number of likely N-dealkylation sites (tertiary alicyclic amines) is 1. The van der Waals surface area contributed by atoms with E-state index >= 15 is 0 Å². The Balaban J connectivity index is 1.68. The molecule has 1 atom stereocenters. The van der Waals surface area contributed by atoms with Crippen molar-refractivity contribution in [2.75, 3.05) is 0 Å². The van der Waals surface area contributed by atoms with Gasteiger partial charge >= 0.3 is 0 Å². The predicted molar refractivity (Wildman–Crippen MR) is 125 cm³/mol. The molecule has 1 fully saturated rings. The standard InChI is InChI=1S/C26H23BrN2O/c1-28-22-10-6-5-9-21(22)25(26(28)19-11-13-20(27)14-12-19)23-15-16-24(30)29(23)17-18-7-3-2-4-8-18/h2-14,23H,15-17H2,1H3. The van der Waals surface area contributed by atoms with Crippen LogP contribution in [0.15, 0.2) is 83.3 Å². The number of hydrogen-bond acceptors (Lipinski definition) is 1. The van der Waals surface area contributed by atoms with E-state index in [4.69, 9.17) is 0 Å². The van der Waals surface area contributed by atoms with Crippen molar-refractivity contribution in [1.82, 2.24) is 9.47 Å². The molecule has 0 N–H and O–H groups in total. The first kappa shape index (κ1) is 19.1. The molecule has 1 unspecified atom stereocenters. The van der Waals surface area contributed by atoms with Crippen molar-refractivity contribution < 1.29 is 4.79 Å². The van der Waals surface area contributed by atoms with E-state index in [0.29, 0.717) is 13.0 Å². The van der Waals surface area contributed by atoms with E-state index in [-0.39, 0.29) is 11.9 Å². The van der Waals surface area contributed by atoms with Gasteiger partial charge in [-0.15, -0.1) is 0 Å². The molecule has 1 aliphatic heterocycles. The van der Waals surface area contributed by atoms with Crippen molar-refractivity contribution in [3.63, 3.8) is 0 Å². The van der Waals surface area contributed by atoms with Crippen LogP contribution in [-0.4, -0.2) is 15.4 Å². The predicted octanol–water partition coefficient (Wildman–Crippen LogP) is 6.47. The maximum Gasteiger partial charge on any atom is 0.223 e. The Kier molecular flexibility index (Phi) is 4.95. The number of halogens is 1. The second-order valence-electron chi connectivity index (χ2n) is 7.91. The minimum Gasteiger partial charge on any atom is -0.343 e. The van der Waals surface area contributed by atoms with Gasteiger partial charge in [-0.05, 0) is 35.7 Å². The van der Waals surface area contributed by atoms with E-state index in [9.17, 15) is 4.79 Å². The average molecular weight is 459 g/mol. The highest BCUT2D eigenvalue weighted by Crippen LogP contribution is 2.44. The van der Waals surface area contributed by atoms with Crippen LogP contribution in [0.2, 0.25) is 0 Å². The van der Waals surface area contributed by atoms with E-state index in [1.807, 2.05) is 18.2 Å². The summed E-state index contributed by atoms with van der Waals surface area (Å²) >= 11 is 3.55. The van der Waals surface area contributed by atoms with E-state index in [1.165, 1.54) is 33.3 Å². The summed E-state index contributed by atoms with van der Waals surface area (Å²) in [6.45, 7) is 0.646. The van der Waals surface area contributed by atoms with Gasteiger partial charge in [0.05, 0.1) is 11.7 Å². The lowest BCUT2D eigenvalue weighted by Crippen LogP contribution is -2.27. The third kappa shape index (κ3) is 3.25. The van der Waals surface area contributed by atoms with Crippen LogP contribution in [0.3, 0.4) is 0 Å². The lowest BCUT2D eigenvalue weighted by atomic mass is 9.96. The number of aromatic nitrogens is 1. The molecule has 0 bridgehead atoms. The number of nitrogens with zero attached hydrogens (tertiary/aromatic N) is 2.